The van der Waals surface area contributed by atoms with Crippen LogP contribution < -0.4 is 0 Å². The second-order valence-corrected chi connectivity index (χ2v) is 12.9. The third kappa shape index (κ3) is 5.70. The average molecular weight is 418 g/mol. The van der Waals surface area contributed by atoms with Gasteiger partial charge in [-0.2, -0.15) is 0 Å². The maximum Gasteiger partial charge on any atom is 0.308 e. The van der Waals surface area contributed by atoms with Crippen LogP contribution in [0.1, 0.15) is 101 Å². The van der Waals surface area contributed by atoms with Crippen molar-refractivity contribution in [1.29, 1.82) is 0 Å². The highest BCUT2D eigenvalue weighted by Gasteiger charge is 2.62. The van der Waals surface area contributed by atoms with Crippen LogP contribution in [0.15, 0.2) is 0 Å². The van der Waals surface area contributed by atoms with Gasteiger partial charge in [0, 0.05) is 46.3 Å². The van der Waals surface area contributed by atoms with Crippen molar-refractivity contribution in [2.45, 2.75) is 125 Å². The Labute approximate surface area is 179 Å². The van der Waals surface area contributed by atoms with Crippen LogP contribution in [0.2, 0.25) is 0 Å². The summed E-state index contributed by atoms with van der Waals surface area (Å²) in [6, 6.07) is 1.77. The summed E-state index contributed by atoms with van der Waals surface area (Å²) in [5.74, 6) is 0. The van der Waals surface area contributed by atoms with Gasteiger partial charge in [-0.05, 0) is 59.3 Å². The highest BCUT2D eigenvalue weighted by atomic mass is 31.2. The van der Waals surface area contributed by atoms with E-state index in [9.17, 15) is 0 Å². The molecule has 0 rings (SSSR count). The summed E-state index contributed by atoms with van der Waals surface area (Å²) < 4.78 is 11.1. The van der Waals surface area contributed by atoms with Gasteiger partial charge in [-0.25, -0.2) is 0 Å². The van der Waals surface area contributed by atoms with Gasteiger partial charge in [-0.1, -0.05) is 41.5 Å². The summed E-state index contributed by atoms with van der Waals surface area (Å²) in [4.78, 5) is 0. The SMILES string of the molecule is CCC(CC)N(C)[P+](N(C)C(CC)CC)(N(C)C(CC)CC)N(C)C(C)(C)C. The molecule has 0 heterocycles. The fourth-order valence-electron chi connectivity index (χ4n) is 4.81. The Morgan fingerprint density at radius 1 is 0.536 bits per heavy atom. The van der Waals surface area contributed by atoms with E-state index in [1.54, 1.807) is 0 Å². The van der Waals surface area contributed by atoms with Crippen molar-refractivity contribution in [2.24, 2.45) is 0 Å². The Balaban J connectivity index is 6.90. The molecule has 0 unspecified atom stereocenters. The zero-order valence-electron chi connectivity index (χ0n) is 21.7. The second kappa shape index (κ2) is 12.2. The van der Waals surface area contributed by atoms with Crippen LogP contribution in [0.25, 0.3) is 0 Å². The maximum atomic E-state index is 2.79. The van der Waals surface area contributed by atoms with E-state index in [-0.39, 0.29) is 5.54 Å². The Hall–Kier alpha value is 0.270. The number of nitrogens with zero attached hydrogens (tertiary/aromatic N) is 4. The van der Waals surface area contributed by atoms with E-state index in [0.29, 0.717) is 18.1 Å². The molecule has 0 aromatic heterocycles. The van der Waals surface area contributed by atoms with E-state index in [1.807, 2.05) is 0 Å². The first kappa shape index (κ1) is 28.3. The van der Waals surface area contributed by atoms with Crippen LogP contribution >= 0.6 is 7.87 Å². The first-order chi connectivity index (χ1) is 12.9. The van der Waals surface area contributed by atoms with Crippen LogP contribution in [0.3, 0.4) is 0 Å². The molecular weight excluding hydrogens is 363 g/mol. The summed E-state index contributed by atoms with van der Waals surface area (Å²) in [7, 11) is 7.69. The van der Waals surface area contributed by atoms with E-state index in [4.69, 9.17) is 0 Å². The minimum Gasteiger partial charge on any atom is -0.133 e. The molecule has 0 radical (unpaired) electrons. The summed E-state index contributed by atoms with van der Waals surface area (Å²) in [5, 5.41) is 0. The largest absolute Gasteiger partial charge is 0.308 e. The Kier molecular flexibility index (Phi) is 12.3. The normalized spacial score (nSPS) is 14.1. The fraction of sp³-hybridized carbons (Fsp3) is 1.00. The molecule has 5 heteroatoms. The van der Waals surface area contributed by atoms with Gasteiger partial charge in [0.1, 0.15) is 0 Å². The molecule has 0 bridgehead atoms. The van der Waals surface area contributed by atoms with E-state index in [1.165, 1.54) is 38.5 Å². The van der Waals surface area contributed by atoms with Crippen LogP contribution in [0, 0.1) is 0 Å². The summed E-state index contributed by atoms with van der Waals surface area (Å²) in [6.45, 7) is 21.2. The zero-order valence-corrected chi connectivity index (χ0v) is 22.6. The molecule has 4 nitrogen and oxygen atoms in total. The lowest BCUT2D eigenvalue weighted by Gasteiger charge is -2.55. The predicted octanol–water partition coefficient (Wildman–Crippen LogP) is 6.76. The molecule has 0 aromatic rings. The number of rotatable bonds is 13. The van der Waals surface area contributed by atoms with E-state index in [0.717, 1.165) is 0 Å². The third-order valence-electron chi connectivity index (χ3n) is 7.06. The molecule has 0 aromatic carbocycles. The maximum absolute atomic E-state index is 2.79. The van der Waals surface area contributed by atoms with Gasteiger partial charge in [-0.3, -0.25) is 0 Å². The van der Waals surface area contributed by atoms with Gasteiger partial charge in [0.25, 0.3) is 0 Å². The molecule has 0 atom stereocenters. The summed E-state index contributed by atoms with van der Waals surface area (Å²) >= 11 is 0. The molecule has 0 spiro atoms. The van der Waals surface area contributed by atoms with Gasteiger partial charge in [-0.15, -0.1) is 18.7 Å². The van der Waals surface area contributed by atoms with Crippen LogP contribution in [-0.2, 0) is 0 Å². The Morgan fingerprint density at radius 3 is 0.893 bits per heavy atom. The van der Waals surface area contributed by atoms with Crippen molar-refractivity contribution >= 4 is 7.87 Å². The first-order valence-electron chi connectivity index (χ1n) is 11.8. The van der Waals surface area contributed by atoms with Crippen molar-refractivity contribution in [3.05, 3.63) is 0 Å². The van der Waals surface area contributed by atoms with Crippen molar-refractivity contribution in [3.63, 3.8) is 0 Å². The second-order valence-electron chi connectivity index (χ2n) is 9.36. The topological polar surface area (TPSA) is 13.0 Å². The highest BCUT2D eigenvalue weighted by Crippen LogP contribution is 2.72. The number of hydrogen-bond donors (Lipinski definition) is 0. The molecule has 0 saturated heterocycles. The lowest BCUT2D eigenvalue weighted by molar-refractivity contribution is 0.167. The van der Waals surface area contributed by atoms with Crippen molar-refractivity contribution in [2.75, 3.05) is 28.2 Å². The monoisotopic (exact) mass is 417 g/mol. The quantitative estimate of drug-likeness (QED) is 0.307. The smallest absolute Gasteiger partial charge is 0.133 e. The molecule has 0 aliphatic carbocycles. The fourth-order valence-corrected chi connectivity index (χ4v) is 10.5. The lowest BCUT2D eigenvalue weighted by Crippen LogP contribution is -2.58. The van der Waals surface area contributed by atoms with Crippen molar-refractivity contribution < 1.29 is 0 Å². The molecule has 170 valence electrons. The lowest BCUT2D eigenvalue weighted by atomic mass is 10.1. The molecular formula is C23H54N4P+. The Bertz CT molecular complexity index is 366. The van der Waals surface area contributed by atoms with Crippen LogP contribution in [-0.4, -0.2) is 70.5 Å². The standard InChI is InChI=1S/C23H54N4P/c1-14-20(15-2)24(10)28(27(13)23(7,8)9,25(11)21(16-3)17-4)26(12)22(18-5)19-6/h20-22H,14-19H2,1-13H3/q+1. The van der Waals surface area contributed by atoms with Crippen molar-refractivity contribution in [1.82, 2.24) is 18.7 Å². The van der Waals surface area contributed by atoms with Crippen LogP contribution in [0.5, 0.6) is 0 Å². The predicted molar refractivity (Wildman–Crippen MR) is 131 cm³/mol. The average Bonchev–Trinajstić information content (AvgIpc) is 2.64. The highest BCUT2D eigenvalue weighted by molar-refractivity contribution is 7.66. The van der Waals surface area contributed by atoms with E-state index >= 15 is 0 Å². The molecule has 0 aliphatic heterocycles. The molecule has 0 aliphatic rings. The van der Waals surface area contributed by atoms with Crippen molar-refractivity contribution in [3.8, 4) is 0 Å². The molecule has 0 fully saturated rings. The summed E-state index contributed by atoms with van der Waals surface area (Å²) in [5.41, 5.74) is 0.0919. The summed E-state index contributed by atoms with van der Waals surface area (Å²) in [6.07, 6.45) is 7.17. The van der Waals surface area contributed by atoms with Crippen LogP contribution in [0.4, 0.5) is 0 Å². The van der Waals surface area contributed by atoms with Gasteiger partial charge in [0.05, 0.1) is 5.54 Å². The molecule has 0 amide bonds. The van der Waals surface area contributed by atoms with Gasteiger partial charge in [0.15, 0.2) is 0 Å². The minimum absolute atomic E-state index is 0.0919. The first-order valence-corrected chi connectivity index (χ1v) is 13.4. The Morgan fingerprint density at radius 2 is 0.750 bits per heavy atom. The zero-order chi connectivity index (χ0) is 22.3. The third-order valence-corrected chi connectivity index (χ3v) is 12.0. The van der Waals surface area contributed by atoms with E-state index < -0.39 is 7.87 Å². The molecule has 28 heavy (non-hydrogen) atoms. The minimum atomic E-state index is -1.92. The number of hydrogen-bond acceptors (Lipinski definition) is 4. The van der Waals surface area contributed by atoms with Gasteiger partial charge >= 0.3 is 7.87 Å². The van der Waals surface area contributed by atoms with Gasteiger partial charge < -0.3 is 0 Å². The molecule has 0 N–H and O–H groups in total. The van der Waals surface area contributed by atoms with E-state index in [2.05, 4.69) is 109 Å². The molecule has 0 saturated carbocycles. The van der Waals surface area contributed by atoms with Gasteiger partial charge in [0.2, 0.25) is 0 Å².